The van der Waals surface area contributed by atoms with Crippen molar-refractivity contribution >= 4 is 5.69 Å². The lowest BCUT2D eigenvalue weighted by atomic mass is 9.84. The van der Waals surface area contributed by atoms with Crippen molar-refractivity contribution in [3.63, 3.8) is 0 Å². The van der Waals surface area contributed by atoms with E-state index in [1.165, 1.54) is 18.7 Å². The zero-order valence-corrected chi connectivity index (χ0v) is 9.24. The van der Waals surface area contributed by atoms with E-state index in [4.69, 9.17) is 0 Å². The second-order valence-corrected chi connectivity index (χ2v) is 4.31. The van der Waals surface area contributed by atoms with Gasteiger partial charge < -0.3 is 5.32 Å². The van der Waals surface area contributed by atoms with E-state index in [1.54, 1.807) is 0 Å². The minimum absolute atomic E-state index is 0.203. The average molecular weight is 245 g/mol. The number of hydrogen-bond donors (Lipinski definition) is 1. The molecule has 94 valence electrons. The molecule has 1 aliphatic rings. The summed E-state index contributed by atoms with van der Waals surface area (Å²) in [5.41, 5.74) is 0.550. The number of nitrogens with zero attached hydrogens (tertiary/aromatic N) is 2. The molecule has 1 N–H and O–H groups in total. The van der Waals surface area contributed by atoms with Gasteiger partial charge >= 0.3 is 6.18 Å². The standard InChI is InChI=1S/C11H14F3N3/c12-11(13,14)9-3-1-2-4-10(9)17-8-5-15-7-16-6-8/h5-7,9-10,17H,1-4H2. The van der Waals surface area contributed by atoms with E-state index >= 15 is 0 Å². The minimum Gasteiger partial charge on any atom is -0.379 e. The molecule has 2 unspecified atom stereocenters. The summed E-state index contributed by atoms with van der Waals surface area (Å²) >= 11 is 0. The zero-order chi connectivity index (χ0) is 12.3. The summed E-state index contributed by atoms with van der Waals surface area (Å²) in [5.74, 6) is -1.27. The molecule has 0 amide bonds. The van der Waals surface area contributed by atoms with Crippen LogP contribution in [-0.4, -0.2) is 22.2 Å². The van der Waals surface area contributed by atoms with Crippen LogP contribution in [-0.2, 0) is 0 Å². The first-order chi connectivity index (χ1) is 8.07. The van der Waals surface area contributed by atoms with Crippen LogP contribution in [0.25, 0.3) is 0 Å². The van der Waals surface area contributed by atoms with E-state index in [1.807, 2.05) is 0 Å². The highest BCUT2D eigenvalue weighted by atomic mass is 19.4. The Balaban J connectivity index is 2.07. The smallest absolute Gasteiger partial charge is 0.379 e. The highest BCUT2D eigenvalue weighted by Crippen LogP contribution is 2.38. The molecule has 0 radical (unpaired) electrons. The second-order valence-electron chi connectivity index (χ2n) is 4.31. The van der Waals surface area contributed by atoms with Gasteiger partial charge in [0.1, 0.15) is 6.33 Å². The summed E-state index contributed by atoms with van der Waals surface area (Å²) in [5, 5.41) is 2.89. The number of nitrogens with one attached hydrogen (secondary N) is 1. The van der Waals surface area contributed by atoms with Crippen molar-refractivity contribution in [1.29, 1.82) is 0 Å². The Morgan fingerprint density at radius 3 is 2.41 bits per heavy atom. The van der Waals surface area contributed by atoms with Crippen LogP contribution in [0.3, 0.4) is 0 Å². The lowest BCUT2D eigenvalue weighted by Crippen LogP contribution is -2.41. The van der Waals surface area contributed by atoms with Crippen molar-refractivity contribution in [3.8, 4) is 0 Å². The zero-order valence-electron chi connectivity index (χ0n) is 9.24. The molecule has 0 spiro atoms. The maximum Gasteiger partial charge on any atom is 0.393 e. The van der Waals surface area contributed by atoms with Gasteiger partial charge in [-0.25, -0.2) is 9.97 Å². The molecule has 1 aromatic heterocycles. The summed E-state index contributed by atoms with van der Waals surface area (Å²) < 4.78 is 38.5. The quantitative estimate of drug-likeness (QED) is 0.870. The van der Waals surface area contributed by atoms with E-state index in [0.717, 1.165) is 6.42 Å². The molecule has 1 aliphatic carbocycles. The van der Waals surface area contributed by atoms with Gasteiger partial charge in [-0.3, -0.25) is 0 Å². The van der Waals surface area contributed by atoms with Gasteiger partial charge in [0.25, 0.3) is 0 Å². The van der Waals surface area contributed by atoms with E-state index in [-0.39, 0.29) is 6.42 Å². The van der Waals surface area contributed by atoms with Crippen LogP contribution in [0, 0.1) is 5.92 Å². The Morgan fingerprint density at radius 2 is 1.76 bits per heavy atom. The normalized spacial score (nSPS) is 25.6. The molecule has 2 rings (SSSR count). The van der Waals surface area contributed by atoms with E-state index < -0.39 is 18.1 Å². The predicted octanol–water partition coefficient (Wildman–Crippen LogP) is 3.01. The molecule has 0 bridgehead atoms. The highest BCUT2D eigenvalue weighted by molar-refractivity contribution is 5.38. The number of aromatic nitrogens is 2. The van der Waals surface area contributed by atoms with Gasteiger partial charge in [-0.15, -0.1) is 0 Å². The summed E-state index contributed by atoms with van der Waals surface area (Å²) in [6.07, 6.45) is 2.44. The third-order valence-corrected chi connectivity index (χ3v) is 3.10. The summed E-state index contributed by atoms with van der Waals surface area (Å²) in [7, 11) is 0. The SMILES string of the molecule is FC(F)(F)C1CCCCC1Nc1cncnc1. The fourth-order valence-electron chi connectivity index (χ4n) is 2.28. The highest BCUT2D eigenvalue weighted by Gasteiger charge is 2.45. The van der Waals surface area contributed by atoms with Gasteiger partial charge in [0.2, 0.25) is 0 Å². The molecule has 1 heterocycles. The maximum atomic E-state index is 12.8. The molecule has 1 aromatic rings. The second kappa shape index (κ2) is 4.89. The molecule has 2 atom stereocenters. The Labute approximate surface area is 97.5 Å². The molecule has 17 heavy (non-hydrogen) atoms. The fraction of sp³-hybridized carbons (Fsp3) is 0.636. The van der Waals surface area contributed by atoms with Crippen molar-refractivity contribution < 1.29 is 13.2 Å². The number of halogens is 3. The monoisotopic (exact) mass is 245 g/mol. The number of hydrogen-bond acceptors (Lipinski definition) is 3. The molecule has 0 saturated heterocycles. The van der Waals surface area contributed by atoms with Gasteiger partial charge in [0.05, 0.1) is 24.0 Å². The summed E-state index contributed by atoms with van der Waals surface area (Å²) in [4.78, 5) is 7.57. The fourth-order valence-corrected chi connectivity index (χ4v) is 2.28. The van der Waals surface area contributed by atoms with Crippen molar-refractivity contribution in [2.45, 2.75) is 37.9 Å². The molecular formula is C11H14F3N3. The third-order valence-electron chi connectivity index (χ3n) is 3.10. The number of alkyl halides is 3. The van der Waals surface area contributed by atoms with Crippen LogP contribution in [0.4, 0.5) is 18.9 Å². The van der Waals surface area contributed by atoms with Crippen LogP contribution in [0.2, 0.25) is 0 Å². The van der Waals surface area contributed by atoms with Crippen molar-refractivity contribution in [3.05, 3.63) is 18.7 Å². The minimum atomic E-state index is -4.13. The number of anilines is 1. The van der Waals surface area contributed by atoms with Crippen LogP contribution >= 0.6 is 0 Å². The first-order valence-electron chi connectivity index (χ1n) is 5.65. The third kappa shape index (κ3) is 3.08. The molecule has 1 saturated carbocycles. The molecule has 3 nitrogen and oxygen atoms in total. The largest absolute Gasteiger partial charge is 0.393 e. The average Bonchev–Trinajstić information content (AvgIpc) is 2.30. The molecule has 1 fully saturated rings. The van der Waals surface area contributed by atoms with Crippen LogP contribution in [0.1, 0.15) is 25.7 Å². The van der Waals surface area contributed by atoms with E-state index in [9.17, 15) is 13.2 Å². The Hall–Kier alpha value is -1.33. The number of rotatable bonds is 2. The van der Waals surface area contributed by atoms with Crippen molar-refractivity contribution in [2.24, 2.45) is 5.92 Å². The molecule has 0 aliphatic heterocycles. The lowest BCUT2D eigenvalue weighted by Gasteiger charge is -2.33. The van der Waals surface area contributed by atoms with Gasteiger partial charge in [0.15, 0.2) is 0 Å². The predicted molar refractivity (Wildman–Crippen MR) is 57.5 cm³/mol. The Bertz CT molecular complexity index is 353. The molecule has 0 aromatic carbocycles. The topological polar surface area (TPSA) is 37.8 Å². The van der Waals surface area contributed by atoms with Gasteiger partial charge in [-0.05, 0) is 12.8 Å². The van der Waals surface area contributed by atoms with Gasteiger partial charge in [0, 0.05) is 6.04 Å². The van der Waals surface area contributed by atoms with Gasteiger partial charge in [-0.2, -0.15) is 13.2 Å². The Kier molecular flexibility index (Phi) is 3.49. The maximum absolute atomic E-state index is 12.8. The molecule has 6 heteroatoms. The van der Waals surface area contributed by atoms with Gasteiger partial charge in [-0.1, -0.05) is 12.8 Å². The first-order valence-corrected chi connectivity index (χ1v) is 5.65. The first kappa shape index (κ1) is 12.1. The van der Waals surface area contributed by atoms with Crippen LogP contribution in [0.15, 0.2) is 18.7 Å². The van der Waals surface area contributed by atoms with E-state index in [0.29, 0.717) is 18.5 Å². The van der Waals surface area contributed by atoms with Crippen LogP contribution in [0.5, 0.6) is 0 Å². The van der Waals surface area contributed by atoms with Crippen LogP contribution < -0.4 is 5.32 Å². The van der Waals surface area contributed by atoms with Crippen molar-refractivity contribution in [2.75, 3.05) is 5.32 Å². The summed E-state index contributed by atoms with van der Waals surface area (Å²) in [6.45, 7) is 0. The Morgan fingerprint density at radius 1 is 1.12 bits per heavy atom. The van der Waals surface area contributed by atoms with Crippen molar-refractivity contribution in [1.82, 2.24) is 9.97 Å². The van der Waals surface area contributed by atoms with E-state index in [2.05, 4.69) is 15.3 Å². The summed E-state index contributed by atoms with van der Waals surface area (Å²) in [6, 6.07) is -0.560. The molecular weight excluding hydrogens is 231 g/mol. The lowest BCUT2D eigenvalue weighted by molar-refractivity contribution is -0.184.